The standard InChI is InChI=1S/C15H16N2/c16-14-7-6-12-8-9-17(11-13(12)10-14)15-4-2-1-3-5-15/h1-7,10H,8-9,11,16H2. The monoisotopic (exact) mass is 224 g/mol. The van der Waals surface area contributed by atoms with Crippen molar-refractivity contribution < 1.29 is 0 Å². The van der Waals surface area contributed by atoms with Crippen molar-refractivity contribution in [1.29, 1.82) is 0 Å². The van der Waals surface area contributed by atoms with Gasteiger partial charge >= 0.3 is 0 Å². The molecule has 0 amide bonds. The van der Waals surface area contributed by atoms with Crippen molar-refractivity contribution in [2.75, 3.05) is 17.2 Å². The summed E-state index contributed by atoms with van der Waals surface area (Å²) in [5.41, 5.74) is 10.8. The Morgan fingerprint density at radius 3 is 2.59 bits per heavy atom. The molecule has 2 nitrogen and oxygen atoms in total. The molecule has 0 fully saturated rings. The van der Waals surface area contributed by atoms with E-state index in [0.717, 1.165) is 25.2 Å². The summed E-state index contributed by atoms with van der Waals surface area (Å²) < 4.78 is 0. The average Bonchev–Trinajstić information content (AvgIpc) is 2.39. The van der Waals surface area contributed by atoms with E-state index in [1.807, 2.05) is 6.07 Å². The van der Waals surface area contributed by atoms with Crippen LogP contribution < -0.4 is 10.6 Å². The predicted octanol–water partition coefficient (Wildman–Crippen LogP) is 2.83. The molecule has 2 aromatic carbocycles. The Bertz CT molecular complexity index is 520. The molecule has 3 rings (SSSR count). The molecule has 0 radical (unpaired) electrons. The zero-order chi connectivity index (χ0) is 11.7. The fraction of sp³-hybridized carbons (Fsp3) is 0.200. The van der Waals surface area contributed by atoms with Crippen LogP contribution in [0, 0.1) is 0 Å². The Labute approximate surface area is 102 Å². The molecule has 0 spiro atoms. The number of benzene rings is 2. The molecule has 2 N–H and O–H groups in total. The topological polar surface area (TPSA) is 29.3 Å². The third-order valence-corrected chi connectivity index (χ3v) is 3.36. The van der Waals surface area contributed by atoms with Gasteiger partial charge in [-0.1, -0.05) is 24.3 Å². The fourth-order valence-electron chi connectivity index (χ4n) is 2.44. The molecule has 0 saturated carbocycles. The quantitative estimate of drug-likeness (QED) is 0.755. The summed E-state index contributed by atoms with van der Waals surface area (Å²) in [5, 5.41) is 0. The minimum absolute atomic E-state index is 0.860. The zero-order valence-electron chi connectivity index (χ0n) is 9.76. The van der Waals surface area contributed by atoms with Crippen molar-refractivity contribution in [3.63, 3.8) is 0 Å². The van der Waals surface area contributed by atoms with Crippen LogP contribution in [0.4, 0.5) is 11.4 Å². The van der Waals surface area contributed by atoms with Gasteiger partial charge < -0.3 is 10.6 Å². The largest absolute Gasteiger partial charge is 0.399 e. The highest BCUT2D eigenvalue weighted by Gasteiger charge is 2.16. The Morgan fingerprint density at radius 2 is 1.76 bits per heavy atom. The van der Waals surface area contributed by atoms with E-state index in [4.69, 9.17) is 5.73 Å². The first-order valence-electron chi connectivity index (χ1n) is 6.00. The number of nitrogens with two attached hydrogens (primary N) is 1. The van der Waals surface area contributed by atoms with Gasteiger partial charge in [-0.3, -0.25) is 0 Å². The third-order valence-electron chi connectivity index (χ3n) is 3.36. The van der Waals surface area contributed by atoms with Gasteiger partial charge in [-0.15, -0.1) is 0 Å². The minimum atomic E-state index is 0.860. The molecule has 0 unspecified atom stereocenters. The fourth-order valence-corrected chi connectivity index (χ4v) is 2.44. The summed E-state index contributed by atoms with van der Waals surface area (Å²) in [7, 11) is 0. The Balaban J connectivity index is 1.90. The van der Waals surface area contributed by atoms with Gasteiger partial charge in [0, 0.05) is 24.5 Å². The highest BCUT2D eigenvalue weighted by molar-refractivity contribution is 5.52. The van der Waals surface area contributed by atoms with Crippen LogP contribution in [-0.4, -0.2) is 6.54 Å². The normalized spacial score (nSPS) is 14.5. The molecule has 0 saturated heterocycles. The van der Waals surface area contributed by atoms with E-state index >= 15 is 0 Å². The smallest absolute Gasteiger partial charge is 0.0433 e. The first-order valence-corrected chi connectivity index (χ1v) is 6.00. The summed E-state index contributed by atoms with van der Waals surface area (Å²) in [4.78, 5) is 2.40. The van der Waals surface area contributed by atoms with Crippen molar-refractivity contribution in [2.45, 2.75) is 13.0 Å². The number of fused-ring (bicyclic) bond motifs is 1. The van der Waals surface area contributed by atoms with E-state index in [0.29, 0.717) is 0 Å². The van der Waals surface area contributed by atoms with Crippen molar-refractivity contribution in [3.8, 4) is 0 Å². The van der Waals surface area contributed by atoms with E-state index in [2.05, 4.69) is 47.4 Å². The van der Waals surface area contributed by atoms with Gasteiger partial charge in [0.2, 0.25) is 0 Å². The first-order chi connectivity index (χ1) is 8.33. The van der Waals surface area contributed by atoms with E-state index < -0.39 is 0 Å². The molecule has 0 atom stereocenters. The number of hydrogen-bond donors (Lipinski definition) is 1. The van der Waals surface area contributed by atoms with E-state index in [1.165, 1.54) is 16.8 Å². The van der Waals surface area contributed by atoms with Gasteiger partial charge in [-0.05, 0) is 41.8 Å². The molecule has 0 aromatic heterocycles. The lowest BCUT2D eigenvalue weighted by molar-refractivity contribution is 0.732. The molecule has 17 heavy (non-hydrogen) atoms. The Kier molecular flexibility index (Phi) is 2.48. The lowest BCUT2D eigenvalue weighted by Gasteiger charge is -2.30. The van der Waals surface area contributed by atoms with Crippen LogP contribution in [0.25, 0.3) is 0 Å². The van der Waals surface area contributed by atoms with Gasteiger partial charge in [-0.2, -0.15) is 0 Å². The van der Waals surface area contributed by atoms with Crippen molar-refractivity contribution >= 4 is 11.4 Å². The molecule has 2 aromatic rings. The maximum Gasteiger partial charge on any atom is 0.0433 e. The summed E-state index contributed by atoms with van der Waals surface area (Å²) in [6, 6.07) is 16.8. The van der Waals surface area contributed by atoms with Gasteiger partial charge in [-0.25, -0.2) is 0 Å². The second kappa shape index (κ2) is 4.13. The van der Waals surface area contributed by atoms with E-state index in [-0.39, 0.29) is 0 Å². The van der Waals surface area contributed by atoms with Crippen LogP contribution in [0.3, 0.4) is 0 Å². The van der Waals surface area contributed by atoms with E-state index in [1.54, 1.807) is 0 Å². The van der Waals surface area contributed by atoms with Crippen LogP contribution in [-0.2, 0) is 13.0 Å². The number of rotatable bonds is 1. The Morgan fingerprint density at radius 1 is 0.941 bits per heavy atom. The first kappa shape index (κ1) is 10.2. The summed E-state index contributed by atoms with van der Waals surface area (Å²) in [6.07, 6.45) is 1.10. The van der Waals surface area contributed by atoms with Gasteiger partial charge in [0.25, 0.3) is 0 Å². The molecular weight excluding hydrogens is 208 g/mol. The lowest BCUT2D eigenvalue weighted by Crippen LogP contribution is -2.30. The molecule has 86 valence electrons. The summed E-state index contributed by atoms with van der Waals surface area (Å²) >= 11 is 0. The molecule has 0 bridgehead atoms. The summed E-state index contributed by atoms with van der Waals surface area (Å²) in [5.74, 6) is 0. The second-order valence-corrected chi connectivity index (χ2v) is 4.54. The second-order valence-electron chi connectivity index (χ2n) is 4.54. The van der Waals surface area contributed by atoms with Crippen molar-refractivity contribution in [2.24, 2.45) is 0 Å². The molecule has 1 aliphatic heterocycles. The summed E-state index contributed by atoms with van der Waals surface area (Å²) in [6.45, 7) is 2.05. The van der Waals surface area contributed by atoms with Crippen LogP contribution in [0.2, 0.25) is 0 Å². The number of anilines is 2. The number of hydrogen-bond acceptors (Lipinski definition) is 2. The molecule has 0 aliphatic carbocycles. The lowest BCUT2D eigenvalue weighted by atomic mass is 9.99. The molecular formula is C15H16N2. The maximum atomic E-state index is 5.85. The van der Waals surface area contributed by atoms with Gasteiger partial charge in [0.05, 0.1) is 0 Å². The van der Waals surface area contributed by atoms with E-state index in [9.17, 15) is 0 Å². The van der Waals surface area contributed by atoms with Crippen molar-refractivity contribution in [1.82, 2.24) is 0 Å². The van der Waals surface area contributed by atoms with Gasteiger partial charge in [0.1, 0.15) is 0 Å². The highest BCUT2D eigenvalue weighted by Crippen LogP contribution is 2.25. The van der Waals surface area contributed by atoms with Crippen LogP contribution >= 0.6 is 0 Å². The van der Waals surface area contributed by atoms with Crippen LogP contribution in [0.15, 0.2) is 48.5 Å². The van der Waals surface area contributed by atoms with Gasteiger partial charge in [0.15, 0.2) is 0 Å². The Hall–Kier alpha value is -1.96. The third kappa shape index (κ3) is 1.98. The SMILES string of the molecule is Nc1ccc2c(c1)CN(c1ccccc1)CC2. The molecule has 1 heterocycles. The van der Waals surface area contributed by atoms with Crippen molar-refractivity contribution in [3.05, 3.63) is 59.7 Å². The number of nitrogens with zero attached hydrogens (tertiary/aromatic N) is 1. The van der Waals surface area contributed by atoms with Crippen LogP contribution in [0.5, 0.6) is 0 Å². The number of nitrogen functional groups attached to an aromatic ring is 1. The number of para-hydroxylation sites is 1. The van der Waals surface area contributed by atoms with Crippen LogP contribution in [0.1, 0.15) is 11.1 Å². The average molecular weight is 224 g/mol. The highest BCUT2D eigenvalue weighted by atomic mass is 15.1. The predicted molar refractivity (Wildman–Crippen MR) is 72.1 cm³/mol. The molecule has 1 aliphatic rings. The minimum Gasteiger partial charge on any atom is -0.399 e. The zero-order valence-corrected chi connectivity index (χ0v) is 9.76. The molecule has 2 heteroatoms. The maximum absolute atomic E-state index is 5.85.